The minimum Gasteiger partial charge on any atom is -0.480 e. The summed E-state index contributed by atoms with van der Waals surface area (Å²) in [6, 6.07) is 8.66. The van der Waals surface area contributed by atoms with Gasteiger partial charge in [0.25, 0.3) is 5.91 Å². The monoisotopic (exact) mass is 392 g/mol. The molecule has 0 radical (unpaired) electrons. The van der Waals surface area contributed by atoms with E-state index in [2.05, 4.69) is 27.2 Å². The minimum atomic E-state index is -0.306. The number of nitrogens with one attached hydrogen (secondary N) is 2. The Morgan fingerprint density at radius 1 is 1.38 bits per heavy atom. The van der Waals surface area contributed by atoms with Crippen LogP contribution < -0.4 is 15.4 Å². The van der Waals surface area contributed by atoms with E-state index in [1.54, 1.807) is 29.2 Å². The van der Waals surface area contributed by atoms with Gasteiger partial charge in [0.2, 0.25) is 17.7 Å². The molecule has 1 aliphatic heterocycles. The molecular weight excluding hydrogens is 372 g/mol. The Bertz CT molecular complexity index is 967. The Labute approximate surface area is 168 Å². The summed E-state index contributed by atoms with van der Waals surface area (Å²) in [6.07, 6.45) is 3.33. The van der Waals surface area contributed by atoms with Crippen LogP contribution in [0.3, 0.4) is 0 Å². The van der Waals surface area contributed by atoms with Gasteiger partial charge in [-0.2, -0.15) is 10.2 Å². The van der Waals surface area contributed by atoms with E-state index in [0.29, 0.717) is 30.3 Å². The number of benzene rings is 1. The van der Waals surface area contributed by atoms with Crippen molar-refractivity contribution in [3.05, 3.63) is 54.2 Å². The molecule has 29 heavy (non-hydrogen) atoms. The summed E-state index contributed by atoms with van der Waals surface area (Å²) in [5.74, 6) is 0.162. The fraction of sp³-hybridized carbons (Fsp3) is 0.250. The van der Waals surface area contributed by atoms with Gasteiger partial charge in [0.1, 0.15) is 11.6 Å². The SMILES string of the molecule is C=CC(=O)Nc1ccc(C(=O)N2CCC(Nc3ncc(C#N)c(OC)n3)C2)cc1. The zero-order valence-electron chi connectivity index (χ0n) is 15.9. The van der Waals surface area contributed by atoms with Crippen molar-refractivity contribution in [1.29, 1.82) is 5.26 Å². The molecule has 1 unspecified atom stereocenters. The molecule has 2 N–H and O–H groups in total. The molecule has 2 aromatic rings. The molecule has 9 heteroatoms. The molecule has 2 heterocycles. The highest BCUT2D eigenvalue weighted by atomic mass is 16.5. The predicted molar refractivity (Wildman–Crippen MR) is 106 cm³/mol. The molecule has 9 nitrogen and oxygen atoms in total. The van der Waals surface area contributed by atoms with E-state index in [1.165, 1.54) is 19.4 Å². The molecule has 1 fully saturated rings. The van der Waals surface area contributed by atoms with E-state index in [0.717, 1.165) is 6.42 Å². The van der Waals surface area contributed by atoms with E-state index in [4.69, 9.17) is 10.00 Å². The molecule has 0 spiro atoms. The van der Waals surface area contributed by atoms with Crippen LogP contribution in [0, 0.1) is 11.3 Å². The molecule has 0 bridgehead atoms. The molecule has 0 saturated carbocycles. The lowest BCUT2D eigenvalue weighted by Gasteiger charge is -2.17. The highest BCUT2D eigenvalue weighted by Gasteiger charge is 2.27. The topological polar surface area (TPSA) is 120 Å². The van der Waals surface area contributed by atoms with Gasteiger partial charge in [0, 0.05) is 30.4 Å². The van der Waals surface area contributed by atoms with Gasteiger partial charge in [0.15, 0.2) is 0 Å². The van der Waals surface area contributed by atoms with Gasteiger partial charge >= 0.3 is 0 Å². The van der Waals surface area contributed by atoms with E-state index >= 15 is 0 Å². The number of methoxy groups -OCH3 is 1. The summed E-state index contributed by atoms with van der Waals surface area (Å²) in [5, 5.41) is 14.8. The third kappa shape index (κ3) is 4.68. The minimum absolute atomic E-state index is 0.0113. The van der Waals surface area contributed by atoms with Gasteiger partial charge in [-0.3, -0.25) is 9.59 Å². The predicted octanol–water partition coefficient (Wildman–Crippen LogP) is 1.81. The smallest absolute Gasteiger partial charge is 0.253 e. The first-order valence-electron chi connectivity index (χ1n) is 8.94. The zero-order valence-corrected chi connectivity index (χ0v) is 15.9. The van der Waals surface area contributed by atoms with Gasteiger partial charge < -0.3 is 20.3 Å². The molecule has 148 valence electrons. The van der Waals surface area contributed by atoms with Gasteiger partial charge in [-0.05, 0) is 36.8 Å². The molecule has 1 aliphatic rings. The van der Waals surface area contributed by atoms with Gasteiger partial charge in [0.05, 0.1) is 13.3 Å². The van der Waals surface area contributed by atoms with Gasteiger partial charge in [-0.25, -0.2) is 4.98 Å². The number of carbonyl (C=O) groups is 2. The fourth-order valence-electron chi connectivity index (χ4n) is 2.99. The first-order chi connectivity index (χ1) is 14.0. The Morgan fingerprint density at radius 2 is 2.14 bits per heavy atom. The Hall–Kier alpha value is -3.93. The average molecular weight is 392 g/mol. The molecule has 1 aromatic carbocycles. The van der Waals surface area contributed by atoms with E-state index in [-0.39, 0.29) is 29.3 Å². The highest BCUT2D eigenvalue weighted by molar-refractivity contribution is 5.99. The van der Waals surface area contributed by atoms with Crippen LogP contribution in [0.4, 0.5) is 11.6 Å². The van der Waals surface area contributed by atoms with Crippen molar-refractivity contribution in [3.63, 3.8) is 0 Å². The van der Waals surface area contributed by atoms with Crippen LogP contribution in [0.1, 0.15) is 22.3 Å². The van der Waals surface area contributed by atoms with Gasteiger partial charge in [-0.1, -0.05) is 6.58 Å². The number of ether oxygens (including phenoxy) is 1. The normalized spacial score (nSPS) is 15.3. The first kappa shape index (κ1) is 19.8. The maximum absolute atomic E-state index is 12.7. The molecule has 1 aromatic heterocycles. The second kappa shape index (κ2) is 8.84. The number of amides is 2. The number of hydrogen-bond acceptors (Lipinski definition) is 7. The maximum Gasteiger partial charge on any atom is 0.253 e. The Kier molecular flexibility index (Phi) is 6.04. The summed E-state index contributed by atoms with van der Waals surface area (Å²) in [7, 11) is 1.44. The van der Waals surface area contributed by atoms with E-state index < -0.39 is 0 Å². The quantitative estimate of drug-likeness (QED) is 0.719. The van der Waals surface area contributed by atoms with Crippen LogP contribution in [-0.4, -0.2) is 52.9 Å². The molecule has 2 amide bonds. The number of anilines is 2. The first-order valence-corrected chi connectivity index (χ1v) is 8.94. The van der Waals surface area contributed by atoms with E-state index in [1.807, 2.05) is 6.07 Å². The van der Waals surface area contributed by atoms with Crippen LogP contribution in [0.25, 0.3) is 0 Å². The number of likely N-dealkylation sites (tertiary alicyclic amines) is 1. The zero-order chi connectivity index (χ0) is 20.8. The third-order valence-electron chi connectivity index (χ3n) is 4.46. The molecule has 0 aliphatic carbocycles. The van der Waals surface area contributed by atoms with Crippen LogP contribution in [0.2, 0.25) is 0 Å². The van der Waals surface area contributed by atoms with Crippen molar-refractivity contribution < 1.29 is 14.3 Å². The summed E-state index contributed by atoms with van der Waals surface area (Å²) in [6.45, 7) is 4.50. The maximum atomic E-state index is 12.7. The number of rotatable bonds is 6. The summed E-state index contributed by atoms with van der Waals surface area (Å²) >= 11 is 0. The Balaban J connectivity index is 1.60. The second-order valence-corrected chi connectivity index (χ2v) is 6.38. The molecule has 1 atom stereocenters. The van der Waals surface area contributed by atoms with Crippen molar-refractivity contribution >= 4 is 23.5 Å². The van der Waals surface area contributed by atoms with Crippen molar-refractivity contribution in [2.75, 3.05) is 30.8 Å². The van der Waals surface area contributed by atoms with Crippen LogP contribution >= 0.6 is 0 Å². The lowest BCUT2D eigenvalue weighted by Crippen LogP contribution is -2.31. The van der Waals surface area contributed by atoms with Gasteiger partial charge in [-0.15, -0.1) is 0 Å². The van der Waals surface area contributed by atoms with Crippen LogP contribution in [-0.2, 0) is 4.79 Å². The molecule has 3 rings (SSSR count). The second-order valence-electron chi connectivity index (χ2n) is 6.38. The average Bonchev–Trinajstić information content (AvgIpc) is 3.22. The standard InChI is InChI=1S/C20H20N6O3/c1-3-17(27)23-15-6-4-13(5-7-15)19(28)26-9-8-16(12-26)24-20-22-11-14(10-21)18(25-20)29-2/h3-7,11,16H,1,8-9,12H2,2H3,(H,23,27)(H,22,24,25). The summed E-state index contributed by atoms with van der Waals surface area (Å²) in [5.41, 5.74) is 1.40. The number of hydrogen-bond donors (Lipinski definition) is 2. The van der Waals surface area contributed by atoms with Crippen LogP contribution in [0.5, 0.6) is 5.88 Å². The lowest BCUT2D eigenvalue weighted by atomic mass is 10.2. The van der Waals surface area contributed by atoms with Crippen molar-refractivity contribution in [1.82, 2.24) is 14.9 Å². The highest BCUT2D eigenvalue weighted by Crippen LogP contribution is 2.20. The number of carbonyl (C=O) groups excluding carboxylic acids is 2. The van der Waals surface area contributed by atoms with E-state index in [9.17, 15) is 9.59 Å². The lowest BCUT2D eigenvalue weighted by molar-refractivity contribution is -0.111. The Morgan fingerprint density at radius 3 is 2.79 bits per heavy atom. The van der Waals surface area contributed by atoms with Crippen molar-refractivity contribution in [2.45, 2.75) is 12.5 Å². The number of aromatic nitrogens is 2. The summed E-state index contributed by atoms with van der Waals surface area (Å²) < 4.78 is 5.09. The third-order valence-corrected chi connectivity index (χ3v) is 4.46. The van der Waals surface area contributed by atoms with Crippen molar-refractivity contribution in [2.24, 2.45) is 0 Å². The van der Waals surface area contributed by atoms with Crippen LogP contribution in [0.15, 0.2) is 43.1 Å². The van der Waals surface area contributed by atoms with Crippen molar-refractivity contribution in [3.8, 4) is 11.9 Å². The molecular formula is C20H20N6O3. The number of nitriles is 1. The molecule has 1 saturated heterocycles. The largest absolute Gasteiger partial charge is 0.480 e. The number of nitrogens with zero attached hydrogens (tertiary/aromatic N) is 4. The summed E-state index contributed by atoms with van der Waals surface area (Å²) in [4.78, 5) is 34.1. The fourth-order valence-corrected chi connectivity index (χ4v) is 2.99.